The van der Waals surface area contributed by atoms with Gasteiger partial charge in [0.05, 0.1) is 23.5 Å². The molecule has 1 aromatic carbocycles. The zero-order valence-corrected chi connectivity index (χ0v) is 11.0. The number of rotatable bonds is 5. The maximum absolute atomic E-state index is 12.9. The topological polar surface area (TPSA) is 62.2 Å². The fourth-order valence-corrected chi connectivity index (χ4v) is 1.89. The average Bonchev–Trinajstić information content (AvgIpc) is 2.46. The second-order valence-corrected chi connectivity index (χ2v) is 4.39. The van der Waals surface area contributed by atoms with Crippen molar-refractivity contribution in [2.75, 3.05) is 5.32 Å². The average molecular weight is 274 g/mol. The van der Waals surface area contributed by atoms with Gasteiger partial charge in [-0.15, -0.1) is 0 Å². The molecule has 2 rings (SSSR count). The minimum atomic E-state index is -0.955. The summed E-state index contributed by atoms with van der Waals surface area (Å²) < 4.78 is 12.9. The highest BCUT2D eigenvalue weighted by molar-refractivity contribution is 5.88. The van der Waals surface area contributed by atoms with Crippen molar-refractivity contribution in [1.82, 2.24) is 4.98 Å². The Hall–Kier alpha value is -2.43. The van der Waals surface area contributed by atoms with Crippen LogP contribution in [0.1, 0.15) is 35.4 Å². The maximum atomic E-state index is 12.9. The van der Waals surface area contributed by atoms with E-state index in [0.717, 1.165) is 17.8 Å². The molecule has 1 unspecified atom stereocenters. The maximum Gasteiger partial charge on any atom is 0.335 e. The van der Waals surface area contributed by atoms with Crippen LogP contribution in [0.4, 0.5) is 10.1 Å². The van der Waals surface area contributed by atoms with Crippen molar-refractivity contribution in [3.05, 3.63) is 59.7 Å². The Morgan fingerprint density at radius 2 is 2.00 bits per heavy atom. The minimum Gasteiger partial charge on any atom is -0.478 e. The molecule has 1 aromatic heterocycles. The number of benzene rings is 1. The van der Waals surface area contributed by atoms with E-state index in [4.69, 9.17) is 5.11 Å². The van der Waals surface area contributed by atoms with E-state index in [0.29, 0.717) is 0 Å². The van der Waals surface area contributed by atoms with Gasteiger partial charge in [-0.2, -0.15) is 0 Å². The molecule has 4 nitrogen and oxygen atoms in total. The van der Waals surface area contributed by atoms with Crippen LogP contribution in [0, 0.1) is 5.82 Å². The van der Waals surface area contributed by atoms with Crippen molar-refractivity contribution in [3.8, 4) is 0 Å². The Labute approximate surface area is 116 Å². The van der Waals surface area contributed by atoms with Gasteiger partial charge in [0, 0.05) is 5.69 Å². The lowest BCUT2D eigenvalue weighted by Crippen LogP contribution is -2.11. The third kappa shape index (κ3) is 3.32. The lowest BCUT2D eigenvalue weighted by molar-refractivity contribution is 0.0697. The molecule has 0 spiro atoms. The number of aromatic nitrogens is 1. The van der Waals surface area contributed by atoms with Crippen LogP contribution < -0.4 is 5.32 Å². The van der Waals surface area contributed by atoms with Crippen LogP contribution in [0.2, 0.25) is 0 Å². The fraction of sp³-hybridized carbons (Fsp3) is 0.200. The summed E-state index contributed by atoms with van der Waals surface area (Å²) in [7, 11) is 0. The molecular formula is C15H15FN2O2. The van der Waals surface area contributed by atoms with Gasteiger partial charge >= 0.3 is 5.97 Å². The highest BCUT2D eigenvalue weighted by atomic mass is 19.1. The predicted molar refractivity (Wildman–Crippen MR) is 74.3 cm³/mol. The monoisotopic (exact) mass is 274 g/mol. The van der Waals surface area contributed by atoms with Gasteiger partial charge < -0.3 is 10.4 Å². The van der Waals surface area contributed by atoms with Gasteiger partial charge in [-0.1, -0.05) is 6.92 Å². The normalized spacial score (nSPS) is 11.9. The smallest absolute Gasteiger partial charge is 0.335 e. The SMILES string of the molecule is CCC(Nc1ccc(C(=O)O)cc1)c1ccc(F)cn1. The van der Waals surface area contributed by atoms with Crippen LogP contribution in [0.5, 0.6) is 0 Å². The summed E-state index contributed by atoms with van der Waals surface area (Å²) >= 11 is 0. The molecule has 0 aliphatic heterocycles. The summed E-state index contributed by atoms with van der Waals surface area (Å²) in [6.07, 6.45) is 1.96. The van der Waals surface area contributed by atoms with Crippen molar-refractivity contribution >= 4 is 11.7 Å². The quantitative estimate of drug-likeness (QED) is 0.876. The predicted octanol–water partition coefficient (Wildman–Crippen LogP) is 3.48. The first-order valence-corrected chi connectivity index (χ1v) is 6.31. The Morgan fingerprint density at radius 3 is 2.50 bits per heavy atom. The first kappa shape index (κ1) is 14.0. The molecule has 2 N–H and O–H groups in total. The largest absolute Gasteiger partial charge is 0.478 e. The van der Waals surface area contributed by atoms with Crippen LogP contribution in [0.3, 0.4) is 0 Å². The van der Waals surface area contributed by atoms with E-state index in [2.05, 4.69) is 10.3 Å². The van der Waals surface area contributed by atoms with E-state index < -0.39 is 5.97 Å². The van der Waals surface area contributed by atoms with Crippen molar-refractivity contribution < 1.29 is 14.3 Å². The molecule has 1 heterocycles. The summed E-state index contributed by atoms with van der Waals surface area (Å²) in [5.74, 6) is -1.32. The number of carbonyl (C=O) groups is 1. The first-order valence-electron chi connectivity index (χ1n) is 6.31. The molecule has 0 aliphatic carbocycles. The zero-order valence-electron chi connectivity index (χ0n) is 11.0. The second-order valence-electron chi connectivity index (χ2n) is 4.39. The van der Waals surface area contributed by atoms with Gasteiger partial charge in [0.25, 0.3) is 0 Å². The van der Waals surface area contributed by atoms with Gasteiger partial charge in [0.2, 0.25) is 0 Å². The van der Waals surface area contributed by atoms with Crippen LogP contribution in [-0.4, -0.2) is 16.1 Å². The van der Waals surface area contributed by atoms with Gasteiger partial charge in [-0.25, -0.2) is 9.18 Å². The number of halogens is 1. The standard InChI is InChI=1S/C15H15FN2O2/c1-2-13(14-8-5-11(16)9-17-14)18-12-6-3-10(4-7-12)15(19)20/h3-9,13,18H,2H2,1H3,(H,19,20). The molecule has 20 heavy (non-hydrogen) atoms. The van der Waals surface area contributed by atoms with E-state index in [1.165, 1.54) is 24.4 Å². The fourth-order valence-electron chi connectivity index (χ4n) is 1.89. The molecule has 0 saturated carbocycles. The third-order valence-corrected chi connectivity index (χ3v) is 2.99. The Bertz CT molecular complexity index is 582. The molecule has 2 aromatic rings. The van der Waals surface area contributed by atoms with Crippen LogP contribution in [-0.2, 0) is 0 Å². The Kier molecular flexibility index (Phi) is 4.30. The number of nitrogens with zero attached hydrogens (tertiary/aromatic N) is 1. The molecule has 0 amide bonds. The lowest BCUT2D eigenvalue weighted by atomic mass is 10.1. The number of aromatic carboxylic acids is 1. The van der Waals surface area contributed by atoms with Crippen molar-refractivity contribution in [1.29, 1.82) is 0 Å². The molecule has 104 valence electrons. The highest BCUT2D eigenvalue weighted by Crippen LogP contribution is 2.21. The van der Waals surface area contributed by atoms with Gasteiger partial charge in [-0.05, 0) is 42.8 Å². The van der Waals surface area contributed by atoms with Crippen LogP contribution in [0.15, 0.2) is 42.6 Å². The second kappa shape index (κ2) is 6.14. The van der Waals surface area contributed by atoms with E-state index >= 15 is 0 Å². The number of carboxylic acids is 1. The van der Waals surface area contributed by atoms with E-state index in [1.807, 2.05) is 6.92 Å². The molecule has 0 saturated heterocycles. The number of anilines is 1. The molecule has 0 aliphatic rings. The van der Waals surface area contributed by atoms with Crippen molar-refractivity contribution in [3.63, 3.8) is 0 Å². The van der Waals surface area contributed by atoms with Gasteiger partial charge in [-0.3, -0.25) is 4.98 Å². The van der Waals surface area contributed by atoms with Gasteiger partial charge in [0.15, 0.2) is 0 Å². The minimum absolute atomic E-state index is 0.0497. The molecule has 0 fully saturated rings. The van der Waals surface area contributed by atoms with E-state index in [9.17, 15) is 9.18 Å². The number of carboxylic acid groups (broad SMARTS) is 1. The molecule has 5 heteroatoms. The Balaban J connectivity index is 2.13. The molecule has 1 atom stereocenters. The van der Waals surface area contributed by atoms with Crippen LogP contribution >= 0.6 is 0 Å². The molecule has 0 bridgehead atoms. The van der Waals surface area contributed by atoms with Crippen LogP contribution in [0.25, 0.3) is 0 Å². The Morgan fingerprint density at radius 1 is 1.30 bits per heavy atom. The zero-order chi connectivity index (χ0) is 14.5. The lowest BCUT2D eigenvalue weighted by Gasteiger charge is -2.17. The summed E-state index contributed by atoms with van der Waals surface area (Å²) in [4.78, 5) is 14.8. The number of nitrogens with one attached hydrogen (secondary N) is 1. The van der Waals surface area contributed by atoms with Gasteiger partial charge in [0.1, 0.15) is 5.82 Å². The highest BCUT2D eigenvalue weighted by Gasteiger charge is 2.11. The number of hydrogen-bond acceptors (Lipinski definition) is 3. The van der Waals surface area contributed by atoms with E-state index in [-0.39, 0.29) is 17.4 Å². The molecular weight excluding hydrogens is 259 g/mol. The summed E-state index contributed by atoms with van der Waals surface area (Å²) in [5.41, 5.74) is 1.78. The summed E-state index contributed by atoms with van der Waals surface area (Å²) in [6.45, 7) is 1.99. The number of pyridine rings is 1. The van der Waals surface area contributed by atoms with Crippen molar-refractivity contribution in [2.45, 2.75) is 19.4 Å². The van der Waals surface area contributed by atoms with E-state index in [1.54, 1.807) is 18.2 Å². The number of hydrogen-bond donors (Lipinski definition) is 2. The third-order valence-electron chi connectivity index (χ3n) is 2.99. The summed E-state index contributed by atoms with van der Waals surface area (Å²) in [5, 5.41) is 12.1. The summed E-state index contributed by atoms with van der Waals surface area (Å²) in [6, 6.07) is 9.45. The molecule has 0 radical (unpaired) electrons. The van der Waals surface area contributed by atoms with Crippen molar-refractivity contribution in [2.24, 2.45) is 0 Å². The first-order chi connectivity index (χ1) is 9.60.